The Hall–Kier alpha value is -4.14. The van der Waals surface area contributed by atoms with Crippen molar-refractivity contribution in [2.75, 3.05) is 5.73 Å². The number of fused-ring (bicyclic) bond motifs is 1. The lowest BCUT2D eigenvalue weighted by Gasteiger charge is -2.16. The summed E-state index contributed by atoms with van der Waals surface area (Å²) < 4.78 is 40.1. The number of pyridine rings is 2. The number of aryl methyl sites for hydroxylation is 1. The van der Waals surface area contributed by atoms with Crippen LogP contribution in [-0.2, 0) is 6.18 Å². The second-order valence-corrected chi connectivity index (χ2v) is 7.96. The molecule has 0 saturated carbocycles. The molecule has 0 aliphatic rings. The summed E-state index contributed by atoms with van der Waals surface area (Å²) in [4.78, 5) is 29.8. The van der Waals surface area contributed by atoms with Crippen LogP contribution in [0.4, 0.5) is 19.0 Å². The van der Waals surface area contributed by atoms with Gasteiger partial charge < -0.3 is 11.1 Å². The van der Waals surface area contributed by atoms with E-state index in [-0.39, 0.29) is 11.5 Å². The van der Waals surface area contributed by atoms with Gasteiger partial charge in [0.15, 0.2) is 0 Å². The summed E-state index contributed by atoms with van der Waals surface area (Å²) in [5.41, 5.74) is 6.92. The van der Waals surface area contributed by atoms with Crippen molar-refractivity contribution in [1.82, 2.24) is 14.9 Å². The molecule has 0 unspecified atom stereocenters. The third-order valence-corrected chi connectivity index (χ3v) is 5.52. The number of nitrogen functional groups attached to an aromatic ring is 1. The van der Waals surface area contributed by atoms with E-state index >= 15 is 0 Å². The lowest BCUT2D eigenvalue weighted by atomic mass is 10.0. The Labute approximate surface area is 192 Å². The SMILES string of the molecule is Cc1cc(=O)n(-c2ccc(C(F)(F)F)cc2)c2ccc(C(=O)N[C@@H](C)c3cccc(N)n3)cc12. The van der Waals surface area contributed by atoms with Crippen LogP contribution in [0.15, 0.2) is 71.5 Å². The van der Waals surface area contributed by atoms with Crippen LogP contribution in [0.3, 0.4) is 0 Å². The molecule has 1 atom stereocenters. The largest absolute Gasteiger partial charge is 0.416 e. The van der Waals surface area contributed by atoms with E-state index in [1.54, 1.807) is 50.2 Å². The van der Waals surface area contributed by atoms with Crippen LogP contribution >= 0.6 is 0 Å². The van der Waals surface area contributed by atoms with Gasteiger partial charge in [-0.15, -0.1) is 0 Å². The van der Waals surface area contributed by atoms with Crippen LogP contribution in [-0.4, -0.2) is 15.5 Å². The van der Waals surface area contributed by atoms with Gasteiger partial charge in [0.05, 0.1) is 22.8 Å². The molecule has 0 bridgehead atoms. The monoisotopic (exact) mass is 466 g/mol. The summed E-state index contributed by atoms with van der Waals surface area (Å²) in [6, 6.07) is 15.3. The molecule has 4 aromatic rings. The molecule has 0 aliphatic carbocycles. The minimum atomic E-state index is -4.47. The van der Waals surface area contributed by atoms with Gasteiger partial charge in [0.2, 0.25) is 0 Å². The number of hydrogen-bond donors (Lipinski definition) is 2. The van der Waals surface area contributed by atoms with Gasteiger partial charge in [-0.3, -0.25) is 14.2 Å². The van der Waals surface area contributed by atoms with Gasteiger partial charge in [0.1, 0.15) is 5.82 Å². The number of rotatable bonds is 4. The summed E-state index contributed by atoms with van der Waals surface area (Å²) in [5, 5.41) is 3.50. The summed E-state index contributed by atoms with van der Waals surface area (Å²) in [6.45, 7) is 3.52. The fourth-order valence-corrected chi connectivity index (χ4v) is 3.76. The number of amides is 1. The molecule has 0 radical (unpaired) electrons. The van der Waals surface area contributed by atoms with E-state index < -0.39 is 17.8 Å². The van der Waals surface area contributed by atoms with Gasteiger partial charge in [0.25, 0.3) is 11.5 Å². The van der Waals surface area contributed by atoms with Crippen molar-refractivity contribution in [2.24, 2.45) is 0 Å². The molecule has 0 saturated heterocycles. The van der Waals surface area contributed by atoms with Crippen molar-refractivity contribution in [3.8, 4) is 5.69 Å². The average Bonchev–Trinajstić information content (AvgIpc) is 2.78. The Kier molecular flexibility index (Phi) is 5.87. The highest BCUT2D eigenvalue weighted by Gasteiger charge is 2.30. The summed E-state index contributed by atoms with van der Waals surface area (Å²) in [7, 11) is 0. The van der Waals surface area contributed by atoms with Crippen molar-refractivity contribution in [3.05, 3.63) is 99.5 Å². The maximum absolute atomic E-state index is 12.9. The van der Waals surface area contributed by atoms with Gasteiger partial charge in [-0.2, -0.15) is 13.2 Å². The average molecular weight is 466 g/mol. The maximum Gasteiger partial charge on any atom is 0.416 e. The number of nitrogens with one attached hydrogen (secondary N) is 1. The van der Waals surface area contributed by atoms with Crippen LogP contribution in [0.25, 0.3) is 16.6 Å². The highest BCUT2D eigenvalue weighted by atomic mass is 19.4. The zero-order valence-corrected chi connectivity index (χ0v) is 18.4. The molecular weight excluding hydrogens is 445 g/mol. The van der Waals surface area contributed by atoms with Crippen molar-refractivity contribution in [3.63, 3.8) is 0 Å². The smallest absolute Gasteiger partial charge is 0.384 e. The predicted octanol–water partition coefficient (Wildman–Crippen LogP) is 4.79. The van der Waals surface area contributed by atoms with Crippen molar-refractivity contribution >= 4 is 22.6 Å². The number of hydrogen-bond acceptors (Lipinski definition) is 4. The quantitative estimate of drug-likeness (QED) is 0.453. The van der Waals surface area contributed by atoms with Crippen LogP contribution in [0.1, 0.15) is 40.1 Å². The molecular formula is C25H21F3N4O2. The number of halogens is 3. The lowest BCUT2D eigenvalue weighted by Crippen LogP contribution is -2.27. The van der Waals surface area contributed by atoms with E-state index in [2.05, 4.69) is 10.3 Å². The van der Waals surface area contributed by atoms with E-state index in [0.29, 0.717) is 39.2 Å². The van der Waals surface area contributed by atoms with Gasteiger partial charge in [0, 0.05) is 22.7 Å². The summed E-state index contributed by atoms with van der Waals surface area (Å²) in [6.07, 6.45) is -4.47. The number of benzene rings is 2. The second kappa shape index (κ2) is 8.66. The number of aromatic nitrogens is 2. The Morgan fingerprint density at radius 3 is 2.41 bits per heavy atom. The third-order valence-electron chi connectivity index (χ3n) is 5.52. The van der Waals surface area contributed by atoms with Crippen LogP contribution in [0.5, 0.6) is 0 Å². The zero-order valence-electron chi connectivity index (χ0n) is 18.4. The molecule has 0 aliphatic heterocycles. The van der Waals surface area contributed by atoms with Crippen LogP contribution in [0, 0.1) is 6.92 Å². The van der Waals surface area contributed by atoms with Crippen LogP contribution in [0.2, 0.25) is 0 Å². The molecule has 2 aromatic carbocycles. The molecule has 0 spiro atoms. The number of carbonyl (C=O) groups is 1. The molecule has 2 aromatic heterocycles. The fourth-order valence-electron chi connectivity index (χ4n) is 3.76. The first-order valence-corrected chi connectivity index (χ1v) is 10.4. The molecule has 174 valence electrons. The second-order valence-electron chi connectivity index (χ2n) is 7.96. The van der Waals surface area contributed by atoms with Crippen molar-refractivity contribution in [1.29, 1.82) is 0 Å². The first-order valence-electron chi connectivity index (χ1n) is 10.4. The highest BCUT2D eigenvalue weighted by molar-refractivity contribution is 5.99. The fraction of sp³-hybridized carbons (Fsp3) is 0.160. The zero-order chi connectivity index (χ0) is 24.6. The number of alkyl halides is 3. The van der Waals surface area contributed by atoms with E-state index in [1.165, 1.54) is 22.8 Å². The van der Waals surface area contributed by atoms with E-state index in [0.717, 1.165) is 12.1 Å². The topological polar surface area (TPSA) is 90.0 Å². The first kappa shape index (κ1) is 23.0. The van der Waals surface area contributed by atoms with Gasteiger partial charge >= 0.3 is 6.18 Å². The molecule has 3 N–H and O–H groups in total. The summed E-state index contributed by atoms with van der Waals surface area (Å²) >= 11 is 0. The molecule has 4 rings (SSSR count). The summed E-state index contributed by atoms with van der Waals surface area (Å²) in [5.74, 6) is 0.00599. The van der Waals surface area contributed by atoms with Crippen molar-refractivity contribution < 1.29 is 18.0 Å². The molecule has 6 nitrogen and oxygen atoms in total. The Morgan fingerprint density at radius 2 is 1.76 bits per heavy atom. The van der Waals surface area contributed by atoms with E-state index in [1.807, 2.05) is 0 Å². The number of nitrogens with zero attached hydrogens (tertiary/aromatic N) is 2. The Morgan fingerprint density at radius 1 is 1.06 bits per heavy atom. The number of nitrogens with two attached hydrogens (primary N) is 1. The van der Waals surface area contributed by atoms with Crippen molar-refractivity contribution in [2.45, 2.75) is 26.1 Å². The maximum atomic E-state index is 12.9. The minimum Gasteiger partial charge on any atom is -0.384 e. The Bertz CT molecular complexity index is 1440. The molecule has 2 heterocycles. The molecule has 1 amide bonds. The Balaban J connectivity index is 1.71. The van der Waals surface area contributed by atoms with E-state index in [9.17, 15) is 22.8 Å². The van der Waals surface area contributed by atoms with E-state index in [4.69, 9.17) is 5.73 Å². The third kappa shape index (κ3) is 4.50. The number of anilines is 1. The molecule has 34 heavy (non-hydrogen) atoms. The molecule has 9 heteroatoms. The first-order chi connectivity index (χ1) is 16.0. The number of carbonyl (C=O) groups excluding carboxylic acids is 1. The van der Waals surface area contributed by atoms with Gasteiger partial charge in [-0.05, 0) is 74.0 Å². The molecule has 0 fully saturated rings. The lowest BCUT2D eigenvalue weighted by molar-refractivity contribution is -0.137. The normalized spacial score (nSPS) is 12.5. The van der Waals surface area contributed by atoms with Gasteiger partial charge in [-0.25, -0.2) is 4.98 Å². The van der Waals surface area contributed by atoms with Gasteiger partial charge in [-0.1, -0.05) is 6.07 Å². The standard InChI is InChI=1S/C25H21F3N4O2/c1-14-12-23(33)32(18-9-7-17(8-10-18)25(26,27)28)21-11-6-16(13-19(14)21)24(34)30-15(2)20-4-3-5-22(29)31-20/h3-13,15H,1-2H3,(H2,29,31)(H,30,34)/t15-/m0/s1. The van der Waals surface area contributed by atoms with Crippen LogP contribution < -0.4 is 16.6 Å². The highest BCUT2D eigenvalue weighted by Crippen LogP contribution is 2.30. The predicted molar refractivity (Wildman–Crippen MR) is 124 cm³/mol. The minimum absolute atomic E-state index is 0.293.